The number of carbonyl (C=O) groups is 2. The average molecular weight is 506 g/mol. The van der Waals surface area contributed by atoms with Gasteiger partial charge in [-0.2, -0.15) is 0 Å². The van der Waals surface area contributed by atoms with E-state index in [2.05, 4.69) is 5.32 Å². The fraction of sp³-hybridized carbons (Fsp3) is 0.250. The van der Waals surface area contributed by atoms with Crippen LogP contribution in [0.4, 0.5) is 15.8 Å². The molecule has 0 radical (unpaired) electrons. The molecule has 8 heteroatoms. The first-order chi connectivity index (χ1) is 17.4. The van der Waals surface area contributed by atoms with Crippen LogP contribution in [-0.2, 0) is 27.2 Å². The average Bonchev–Trinajstić information content (AvgIpc) is 3.20. The first-order valence-corrected chi connectivity index (χ1v) is 12.2. The number of benzene rings is 3. The van der Waals surface area contributed by atoms with E-state index in [0.717, 1.165) is 11.1 Å². The predicted octanol–water partition coefficient (Wildman–Crippen LogP) is 4.81. The molecular weight excluding hydrogens is 481 g/mol. The number of fused-ring (bicyclic) bond motifs is 2. The summed E-state index contributed by atoms with van der Waals surface area (Å²) in [5.74, 6) is -0.661. The van der Waals surface area contributed by atoms with Crippen LogP contribution >= 0.6 is 11.6 Å². The van der Waals surface area contributed by atoms with Crippen LogP contribution in [-0.4, -0.2) is 43.8 Å². The van der Waals surface area contributed by atoms with E-state index in [1.807, 2.05) is 30.3 Å². The van der Waals surface area contributed by atoms with Gasteiger partial charge in [0.25, 0.3) is 5.91 Å². The van der Waals surface area contributed by atoms with Crippen molar-refractivity contribution in [3.8, 4) is 0 Å². The molecule has 6 nitrogen and oxygen atoms in total. The van der Waals surface area contributed by atoms with Crippen LogP contribution in [0.5, 0.6) is 0 Å². The highest BCUT2D eigenvalue weighted by Gasteiger charge is 2.33. The number of anilines is 2. The standard InChI is InChI=1S/C28H25ClFN3O3/c1-36-12-2-11-33-25-10-9-21(30)16-22(25)27(19-6-5-18-15-26(34)31-23(18)14-19)32-24(28(33)35)13-17-3-7-20(29)8-4-17/h3-10,14,16,24H,2,11-13,15H2,1H3,(H,31,34). The van der Waals surface area contributed by atoms with Crippen LogP contribution in [0.15, 0.2) is 65.7 Å². The minimum atomic E-state index is -0.734. The van der Waals surface area contributed by atoms with E-state index in [9.17, 15) is 14.0 Å². The molecule has 2 amide bonds. The van der Waals surface area contributed by atoms with Gasteiger partial charge in [0, 0.05) is 48.5 Å². The van der Waals surface area contributed by atoms with Gasteiger partial charge in [-0.1, -0.05) is 35.9 Å². The van der Waals surface area contributed by atoms with Gasteiger partial charge in [0.05, 0.1) is 17.8 Å². The van der Waals surface area contributed by atoms with Gasteiger partial charge in [0.1, 0.15) is 11.9 Å². The number of benzodiazepines with no additional fused rings is 1. The van der Waals surface area contributed by atoms with Gasteiger partial charge >= 0.3 is 0 Å². The zero-order valence-corrected chi connectivity index (χ0v) is 20.5. The van der Waals surface area contributed by atoms with E-state index in [4.69, 9.17) is 21.3 Å². The van der Waals surface area contributed by atoms with Gasteiger partial charge in [-0.3, -0.25) is 14.6 Å². The molecule has 0 fully saturated rings. The first kappa shape index (κ1) is 24.2. The number of nitrogens with one attached hydrogen (secondary N) is 1. The Kier molecular flexibility index (Phi) is 6.85. The van der Waals surface area contributed by atoms with E-state index in [1.54, 1.807) is 30.2 Å². The summed E-state index contributed by atoms with van der Waals surface area (Å²) in [6, 6.07) is 16.6. The van der Waals surface area contributed by atoms with Gasteiger partial charge in [0.15, 0.2) is 0 Å². The lowest BCUT2D eigenvalue weighted by atomic mass is 9.98. The number of methoxy groups -OCH3 is 1. The Morgan fingerprint density at radius 2 is 1.92 bits per heavy atom. The highest BCUT2D eigenvalue weighted by molar-refractivity contribution is 6.30. The summed E-state index contributed by atoms with van der Waals surface area (Å²) in [7, 11) is 1.62. The largest absolute Gasteiger partial charge is 0.385 e. The van der Waals surface area contributed by atoms with E-state index in [-0.39, 0.29) is 11.8 Å². The Balaban J connectivity index is 1.63. The highest BCUT2D eigenvalue weighted by Crippen LogP contribution is 2.33. The summed E-state index contributed by atoms with van der Waals surface area (Å²) < 4.78 is 19.8. The minimum absolute atomic E-state index is 0.0727. The molecule has 0 saturated carbocycles. The SMILES string of the molecule is COCCCN1C(=O)C(Cc2ccc(Cl)cc2)N=C(c2ccc3c(c2)NC(=O)C3)c2cc(F)ccc21. The molecule has 0 saturated heterocycles. The van der Waals surface area contributed by atoms with Crippen molar-refractivity contribution in [1.29, 1.82) is 0 Å². The molecule has 5 rings (SSSR count). The number of hydrogen-bond acceptors (Lipinski definition) is 4. The number of carbonyl (C=O) groups excluding carboxylic acids is 2. The third-order valence-electron chi connectivity index (χ3n) is 6.42. The van der Waals surface area contributed by atoms with E-state index < -0.39 is 11.9 Å². The normalized spacial score (nSPS) is 16.8. The Morgan fingerprint density at radius 3 is 2.69 bits per heavy atom. The van der Waals surface area contributed by atoms with Crippen molar-refractivity contribution >= 4 is 40.5 Å². The van der Waals surface area contributed by atoms with Crippen LogP contribution in [0.1, 0.15) is 28.7 Å². The molecule has 2 heterocycles. The highest BCUT2D eigenvalue weighted by atomic mass is 35.5. The van der Waals surface area contributed by atoms with Crippen molar-refractivity contribution in [2.75, 3.05) is 30.5 Å². The molecule has 0 spiro atoms. The molecule has 36 heavy (non-hydrogen) atoms. The number of aliphatic imine (C=N–C) groups is 1. The summed E-state index contributed by atoms with van der Waals surface area (Å²) in [5, 5.41) is 3.47. The number of amides is 2. The van der Waals surface area contributed by atoms with Gasteiger partial charge in [-0.15, -0.1) is 0 Å². The van der Waals surface area contributed by atoms with Crippen LogP contribution in [0, 0.1) is 5.82 Å². The second kappa shape index (κ2) is 10.2. The van der Waals surface area contributed by atoms with Crippen LogP contribution in [0.25, 0.3) is 0 Å². The molecule has 1 atom stereocenters. The summed E-state index contributed by atoms with van der Waals surface area (Å²) in [6.45, 7) is 0.895. The summed E-state index contributed by atoms with van der Waals surface area (Å²) >= 11 is 6.06. The van der Waals surface area contributed by atoms with E-state index in [0.29, 0.717) is 65.7 Å². The topological polar surface area (TPSA) is 71.0 Å². The van der Waals surface area contributed by atoms with Crippen molar-refractivity contribution in [2.24, 2.45) is 4.99 Å². The fourth-order valence-corrected chi connectivity index (χ4v) is 4.80. The Morgan fingerprint density at radius 1 is 1.11 bits per heavy atom. The third kappa shape index (κ3) is 4.90. The fourth-order valence-electron chi connectivity index (χ4n) is 4.68. The quantitative estimate of drug-likeness (QED) is 0.469. The minimum Gasteiger partial charge on any atom is -0.385 e. The number of ether oxygens (including phenoxy) is 1. The Bertz CT molecular complexity index is 1360. The zero-order valence-electron chi connectivity index (χ0n) is 19.8. The molecule has 1 unspecified atom stereocenters. The molecule has 0 aromatic heterocycles. The number of rotatable bonds is 7. The number of halogens is 2. The lowest BCUT2D eigenvalue weighted by Crippen LogP contribution is -2.40. The summed E-state index contributed by atoms with van der Waals surface area (Å²) in [5.41, 5.74) is 4.86. The smallest absolute Gasteiger partial charge is 0.252 e. The number of hydrogen-bond donors (Lipinski definition) is 1. The molecule has 0 bridgehead atoms. The van der Waals surface area contributed by atoms with Gasteiger partial charge in [-0.05, 0) is 53.9 Å². The molecule has 3 aromatic rings. The first-order valence-electron chi connectivity index (χ1n) is 11.8. The maximum absolute atomic E-state index is 14.6. The second-order valence-corrected chi connectivity index (χ2v) is 9.36. The lowest BCUT2D eigenvalue weighted by Gasteiger charge is -2.25. The molecule has 2 aliphatic heterocycles. The molecule has 0 aliphatic carbocycles. The Labute approximate surface area is 213 Å². The van der Waals surface area contributed by atoms with E-state index >= 15 is 0 Å². The summed E-state index contributed by atoms with van der Waals surface area (Å²) in [6.07, 6.45) is 1.30. The van der Waals surface area contributed by atoms with Crippen molar-refractivity contribution in [2.45, 2.75) is 25.3 Å². The molecule has 2 aliphatic rings. The summed E-state index contributed by atoms with van der Waals surface area (Å²) in [4.78, 5) is 32.4. The monoisotopic (exact) mass is 505 g/mol. The van der Waals surface area contributed by atoms with Crippen LogP contribution < -0.4 is 10.2 Å². The predicted molar refractivity (Wildman–Crippen MR) is 139 cm³/mol. The maximum atomic E-state index is 14.6. The zero-order chi connectivity index (χ0) is 25.2. The van der Waals surface area contributed by atoms with Crippen molar-refractivity contribution < 1.29 is 18.7 Å². The van der Waals surface area contributed by atoms with Crippen LogP contribution in [0.3, 0.4) is 0 Å². The number of nitrogens with zero attached hydrogens (tertiary/aromatic N) is 2. The van der Waals surface area contributed by atoms with Gasteiger partial charge in [0.2, 0.25) is 5.91 Å². The van der Waals surface area contributed by atoms with Gasteiger partial charge in [-0.25, -0.2) is 4.39 Å². The third-order valence-corrected chi connectivity index (χ3v) is 6.67. The lowest BCUT2D eigenvalue weighted by molar-refractivity contribution is -0.119. The van der Waals surface area contributed by atoms with Crippen LogP contribution in [0.2, 0.25) is 5.02 Å². The molecule has 1 N–H and O–H groups in total. The molecule has 3 aromatic carbocycles. The molecular formula is C28H25ClFN3O3. The van der Waals surface area contributed by atoms with Crippen molar-refractivity contribution in [3.63, 3.8) is 0 Å². The van der Waals surface area contributed by atoms with Gasteiger partial charge < -0.3 is 15.0 Å². The Hall–Kier alpha value is -3.55. The van der Waals surface area contributed by atoms with Crippen molar-refractivity contribution in [1.82, 2.24) is 0 Å². The second-order valence-electron chi connectivity index (χ2n) is 8.92. The van der Waals surface area contributed by atoms with E-state index in [1.165, 1.54) is 12.1 Å². The molecule has 184 valence electrons. The maximum Gasteiger partial charge on any atom is 0.252 e. The van der Waals surface area contributed by atoms with Crippen molar-refractivity contribution in [3.05, 3.63) is 93.8 Å².